The van der Waals surface area contributed by atoms with Crippen LogP contribution in [0.3, 0.4) is 0 Å². The number of hydrogen-bond donors (Lipinski definition) is 1. The molecule has 1 N–H and O–H groups in total. The molecule has 5 nitrogen and oxygen atoms in total. The third-order valence-electron chi connectivity index (χ3n) is 4.69. The number of anilines is 1. The van der Waals surface area contributed by atoms with Crippen LogP contribution in [0.1, 0.15) is 24.0 Å². The topological polar surface area (TPSA) is 66.5 Å². The fourth-order valence-electron chi connectivity index (χ4n) is 3.18. The summed E-state index contributed by atoms with van der Waals surface area (Å²) in [6.45, 7) is 2.67. The molecule has 29 heavy (non-hydrogen) atoms. The number of thioether (sulfide) groups is 1. The van der Waals surface area contributed by atoms with Crippen LogP contribution in [0.5, 0.6) is 0 Å². The van der Waals surface area contributed by atoms with Crippen molar-refractivity contribution >= 4 is 45.0 Å². The Labute approximate surface area is 179 Å². The Morgan fingerprint density at radius 2 is 2.07 bits per heavy atom. The lowest BCUT2D eigenvalue weighted by molar-refractivity contribution is -0.117. The highest BCUT2D eigenvalue weighted by molar-refractivity contribution is 7.98. The standard InChI is InChI=1S/C20H22ClFN2O3S2/c1-14-12-15(7-8-19(14)24-10-3-6-20(24)25)29(26,27)23-9-11-28-13-16-17(21)4-2-5-18(16)22/h2,4-5,7-8,12,23H,3,6,9-11,13H2,1H3. The summed E-state index contributed by atoms with van der Waals surface area (Å²) in [4.78, 5) is 13.8. The molecule has 2 aromatic carbocycles. The van der Waals surface area contributed by atoms with E-state index < -0.39 is 10.0 Å². The summed E-state index contributed by atoms with van der Waals surface area (Å²) in [5, 5.41) is 0.366. The molecule has 1 heterocycles. The largest absolute Gasteiger partial charge is 0.312 e. The smallest absolute Gasteiger partial charge is 0.240 e. The molecule has 0 bridgehead atoms. The minimum Gasteiger partial charge on any atom is -0.312 e. The number of amides is 1. The van der Waals surface area contributed by atoms with Crippen molar-refractivity contribution in [3.05, 3.63) is 58.4 Å². The van der Waals surface area contributed by atoms with Crippen LogP contribution < -0.4 is 9.62 Å². The van der Waals surface area contributed by atoms with Crippen LogP contribution in [-0.4, -0.2) is 33.2 Å². The van der Waals surface area contributed by atoms with E-state index in [2.05, 4.69) is 4.72 Å². The monoisotopic (exact) mass is 456 g/mol. The first-order chi connectivity index (χ1) is 13.8. The molecular weight excluding hydrogens is 435 g/mol. The molecule has 2 aromatic rings. The highest BCUT2D eigenvalue weighted by Gasteiger charge is 2.24. The average Bonchev–Trinajstić information content (AvgIpc) is 3.09. The van der Waals surface area contributed by atoms with Crippen LogP contribution in [-0.2, 0) is 20.6 Å². The van der Waals surface area contributed by atoms with Gasteiger partial charge in [-0.2, -0.15) is 11.8 Å². The summed E-state index contributed by atoms with van der Waals surface area (Å²) >= 11 is 7.39. The van der Waals surface area contributed by atoms with E-state index in [4.69, 9.17) is 11.6 Å². The molecule has 9 heteroatoms. The SMILES string of the molecule is Cc1cc(S(=O)(=O)NCCSCc2c(F)cccc2Cl)ccc1N1CCCC1=O. The second kappa shape index (κ2) is 9.47. The first-order valence-corrected chi connectivity index (χ1v) is 12.2. The summed E-state index contributed by atoms with van der Waals surface area (Å²) < 4.78 is 41.4. The number of nitrogens with one attached hydrogen (secondary N) is 1. The number of hydrogen-bond acceptors (Lipinski definition) is 4. The molecule has 0 aromatic heterocycles. The quantitative estimate of drug-likeness (QED) is 0.606. The molecular formula is C20H22ClFN2O3S2. The molecule has 3 rings (SSSR count). The molecule has 0 atom stereocenters. The zero-order chi connectivity index (χ0) is 21.0. The summed E-state index contributed by atoms with van der Waals surface area (Å²) in [6, 6.07) is 9.31. The predicted octanol–water partition coefficient (Wildman–Crippen LogP) is 4.13. The van der Waals surface area contributed by atoms with Gasteiger partial charge >= 0.3 is 0 Å². The van der Waals surface area contributed by atoms with Gasteiger partial charge in [-0.1, -0.05) is 17.7 Å². The van der Waals surface area contributed by atoms with Crippen molar-refractivity contribution in [2.24, 2.45) is 0 Å². The number of carbonyl (C=O) groups excluding carboxylic acids is 1. The minimum absolute atomic E-state index is 0.0637. The number of sulfonamides is 1. The van der Waals surface area contributed by atoms with Crippen LogP contribution in [0.2, 0.25) is 5.02 Å². The summed E-state index contributed by atoms with van der Waals surface area (Å²) in [6.07, 6.45) is 1.34. The first kappa shape index (κ1) is 22.1. The molecule has 0 spiro atoms. The number of aryl methyl sites for hydroxylation is 1. The lowest BCUT2D eigenvalue weighted by atomic mass is 10.2. The lowest BCUT2D eigenvalue weighted by Gasteiger charge is -2.19. The van der Waals surface area contributed by atoms with Gasteiger partial charge in [0.15, 0.2) is 0 Å². The molecule has 0 radical (unpaired) electrons. The zero-order valence-electron chi connectivity index (χ0n) is 16.0. The maximum Gasteiger partial charge on any atom is 0.240 e. The van der Waals surface area contributed by atoms with Crippen molar-refractivity contribution in [2.75, 3.05) is 23.7 Å². The third-order valence-corrected chi connectivity index (χ3v) is 7.49. The Bertz CT molecular complexity index is 995. The number of carbonyl (C=O) groups is 1. The van der Waals surface area contributed by atoms with Gasteiger partial charge in [0, 0.05) is 47.3 Å². The summed E-state index contributed by atoms with van der Waals surface area (Å²) in [5.74, 6) is 0.542. The van der Waals surface area contributed by atoms with E-state index in [1.54, 1.807) is 36.1 Å². The highest BCUT2D eigenvalue weighted by Crippen LogP contribution is 2.27. The first-order valence-electron chi connectivity index (χ1n) is 9.21. The van der Waals surface area contributed by atoms with Crippen LogP contribution >= 0.6 is 23.4 Å². The average molecular weight is 457 g/mol. The number of benzene rings is 2. The molecule has 1 fully saturated rings. The van der Waals surface area contributed by atoms with Crippen LogP contribution in [0.25, 0.3) is 0 Å². The fourth-order valence-corrected chi connectivity index (χ4v) is 5.62. The van der Waals surface area contributed by atoms with E-state index in [1.165, 1.54) is 23.9 Å². The number of rotatable bonds is 8. The van der Waals surface area contributed by atoms with E-state index >= 15 is 0 Å². The molecule has 156 valence electrons. The highest BCUT2D eigenvalue weighted by atomic mass is 35.5. The molecule has 1 aliphatic heterocycles. The molecule has 0 unspecified atom stereocenters. The molecule has 1 amide bonds. The third kappa shape index (κ3) is 5.31. The van der Waals surface area contributed by atoms with Crippen molar-refractivity contribution in [3.63, 3.8) is 0 Å². The van der Waals surface area contributed by atoms with Crippen molar-refractivity contribution in [2.45, 2.75) is 30.4 Å². The minimum atomic E-state index is -3.66. The van der Waals surface area contributed by atoms with Crippen molar-refractivity contribution in [1.82, 2.24) is 4.72 Å². The Balaban J connectivity index is 1.56. The van der Waals surface area contributed by atoms with Crippen LogP contribution in [0, 0.1) is 12.7 Å². The maximum absolute atomic E-state index is 13.7. The van der Waals surface area contributed by atoms with Crippen molar-refractivity contribution in [1.29, 1.82) is 0 Å². The van der Waals surface area contributed by atoms with Gasteiger partial charge in [-0.15, -0.1) is 0 Å². The molecule has 0 aliphatic carbocycles. The molecule has 1 aliphatic rings. The lowest BCUT2D eigenvalue weighted by Crippen LogP contribution is -2.27. The summed E-state index contributed by atoms with van der Waals surface area (Å²) in [7, 11) is -3.66. The Kier molecular flexibility index (Phi) is 7.21. The van der Waals surface area contributed by atoms with Gasteiger partial charge < -0.3 is 4.90 Å². The van der Waals surface area contributed by atoms with Crippen molar-refractivity contribution in [3.8, 4) is 0 Å². The zero-order valence-corrected chi connectivity index (χ0v) is 18.3. The summed E-state index contributed by atoms with van der Waals surface area (Å²) in [5.41, 5.74) is 1.92. The van der Waals surface area contributed by atoms with Gasteiger partial charge in [-0.3, -0.25) is 4.79 Å². The van der Waals surface area contributed by atoms with Gasteiger partial charge in [0.05, 0.1) is 4.90 Å². The molecule has 1 saturated heterocycles. The van der Waals surface area contributed by atoms with E-state index in [9.17, 15) is 17.6 Å². The van der Waals surface area contributed by atoms with E-state index in [0.29, 0.717) is 35.1 Å². The Morgan fingerprint density at radius 1 is 1.28 bits per heavy atom. The van der Waals surface area contributed by atoms with Gasteiger partial charge in [-0.05, 0) is 49.2 Å². The van der Waals surface area contributed by atoms with E-state index in [-0.39, 0.29) is 23.2 Å². The predicted molar refractivity (Wildman–Crippen MR) is 116 cm³/mol. The van der Waals surface area contributed by atoms with Crippen molar-refractivity contribution < 1.29 is 17.6 Å². The van der Waals surface area contributed by atoms with E-state index in [0.717, 1.165) is 17.7 Å². The number of halogens is 2. The second-order valence-corrected chi connectivity index (χ2v) is 10.0. The molecule has 0 saturated carbocycles. The number of nitrogens with zero attached hydrogens (tertiary/aromatic N) is 1. The van der Waals surface area contributed by atoms with Gasteiger partial charge in [0.25, 0.3) is 0 Å². The van der Waals surface area contributed by atoms with Gasteiger partial charge in [-0.25, -0.2) is 17.5 Å². The van der Waals surface area contributed by atoms with Gasteiger partial charge in [0.2, 0.25) is 15.9 Å². The Morgan fingerprint density at radius 3 is 2.72 bits per heavy atom. The van der Waals surface area contributed by atoms with Crippen LogP contribution in [0.4, 0.5) is 10.1 Å². The normalized spacial score (nSPS) is 14.6. The van der Waals surface area contributed by atoms with Crippen LogP contribution in [0.15, 0.2) is 41.3 Å². The Hall–Kier alpha value is -1.61. The fraction of sp³-hybridized carbons (Fsp3) is 0.350. The maximum atomic E-state index is 13.7. The second-order valence-electron chi connectivity index (χ2n) is 6.75. The van der Waals surface area contributed by atoms with Gasteiger partial charge in [0.1, 0.15) is 5.82 Å². The van der Waals surface area contributed by atoms with E-state index in [1.807, 2.05) is 0 Å².